The lowest BCUT2D eigenvalue weighted by molar-refractivity contribution is 0.0696. The van der Waals surface area contributed by atoms with Crippen molar-refractivity contribution in [1.82, 2.24) is 15.1 Å². The zero-order valence-electron chi connectivity index (χ0n) is 21.8. The van der Waals surface area contributed by atoms with Crippen LogP contribution in [0.25, 0.3) is 22.8 Å². The molecule has 1 atom stereocenters. The van der Waals surface area contributed by atoms with Crippen LogP contribution in [0.5, 0.6) is 0 Å². The Labute approximate surface area is 221 Å². The lowest BCUT2D eigenvalue weighted by Crippen LogP contribution is -2.35. The highest BCUT2D eigenvalue weighted by atomic mass is 16.4. The van der Waals surface area contributed by atoms with Crippen molar-refractivity contribution in [2.45, 2.75) is 45.6 Å². The summed E-state index contributed by atoms with van der Waals surface area (Å²) in [6.07, 6.45) is 3.41. The van der Waals surface area contributed by atoms with E-state index in [-0.39, 0.29) is 29.0 Å². The van der Waals surface area contributed by atoms with Gasteiger partial charge in [0.2, 0.25) is 11.8 Å². The second-order valence-electron chi connectivity index (χ2n) is 9.55. The largest absolute Gasteiger partial charge is 0.478 e. The number of rotatable bonds is 11. The van der Waals surface area contributed by atoms with Gasteiger partial charge >= 0.3 is 5.97 Å². The molecule has 0 aliphatic carbocycles. The molecule has 0 spiro atoms. The topological polar surface area (TPSA) is 136 Å². The van der Waals surface area contributed by atoms with Crippen LogP contribution in [0.1, 0.15) is 65.8 Å². The highest BCUT2D eigenvalue weighted by Gasteiger charge is 2.29. The zero-order chi connectivity index (χ0) is 27.3. The van der Waals surface area contributed by atoms with Gasteiger partial charge in [-0.05, 0) is 56.0 Å². The van der Waals surface area contributed by atoms with Gasteiger partial charge in [0.1, 0.15) is 11.3 Å². The predicted octanol–water partition coefficient (Wildman–Crippen LogP) is 5.37. The van der Waals surface area contributed by atoms with Crippen LogP contribution in [-0.4, -0.2) is 45.2 Å². The summed E-state index contributed by atoms with van der Waals surface area (Å²) in [5.41, 5.74) is 7.90. The molecule has 1 unspecified atom stereocenters. The quantitative estimate of drug-likeness (QED) is 0.271. The van der Waals surface area contributed by atoms with Crippen LogP contribution in [-0.2, 0) is 12.0 Å². The molecular formula is C29H32N4O5. The number of nitrogens with zero attached hydrogens (tertiary/aromatic N) is 3. The van der Waals surface area contributed by atoms with E-state index in [4.69, 9.17) is 14.6 Å². The van der Waals surface area contributed by atoms with Gasteiger partial charge in [-0.15, -0.1) is 10.2 Å². The molecule has 4 rings (SSSR count). The Morgan fingerprint density at radius 3 is 2.34 bits per heavy atom. The maximum Gasteiger partial charge on any atom is 0.339 e. The van der Waals surface area contributed by atoms with Gasteiger partial charge in [-0.3, -0.25) is 4.79 Å². The summed E-state index contributed by atoms with van der Waals surface area (Å²) < 4.78 is 11.6. The molecule has 0 aliphatic rings. The number of hydrogen-bond donors (Lipinski definition) is 2. The van der Waals surface area contributed by atoms with E-state index in [2.05, 4.69) is 10.2 Å². The predicted molar refractivity (Wildman–Crippen MR) is 143 cm³/mol. The first-order valence-electron chi connectivity index (χ1n) is 12.7. The number of aromatic nitrogens is 2. The summed E-state index contributed by atoms with van der Waals surface area (Å²) >= 11 is 0. The van der Waals surface area contributed by atoms with Crippen LogP contribution in [0.2, 0.25) is 0 Å². The third-order valence-corrected chi connectivity index (χ3v) is 6.19. The Balaban J connectivity index is 1.77. The molecule has 2 aromatic carbocycles. The van der Waals surface area contributed by atoms with E-state index in [1.165, 1.54) is 12.3 Å². The summed E-state index contributed by atoms with van der Waals surface area (Å²) in [6.45, 7) is 7.04. The molecule has 9 heteroatoms. The van der Waals surface area contributed by atoms with E-state index in [1.54, 1.807) is 23.1 Å². The number of carboxylic acid groups (broad SMARTS) is 1. The van der Waals surface area contributed by atoms with E-state index in [1.807, 2.05) is 51.1 Å². The average Bonchev–Trinajstić information content (AvgIpc) is 3.59. The number of amides is 1. The maximum absolute atomic E-state index is 13.5. The monoisotopic (exact) mass is 516 g/mol. The lowest BCUT2D eigenvalue weighted by Gasteiger charge is -2.22. The molecule has 0 saturated carbocycles. The van der Waals surface area contributed by atoms with Crippen LogP contribution in [0.3, 0.4) is 0 Å². The molecule has 38 heavy (non-hydrogen) atoms. The van der Waals surface area contributed by atoms with Crippen LogP contribution in [0, 0.1) is 0 Å². The number of carbonyl (C=O) groups excluding carboxylic acids is 1. The molecule has 3 N–H and O–H groups in total. The summed E-state index contributed by atoms with van der Waals surface area (Å²) in [7, 11) is 0. The molecular weight excluding hydrogens is 484 g/mol. The third-order valence-electron chi connectivity index (χ3n) is 6.19. The maximum atomic E-state index is 13.5. The molecule has 2 aromatic heterocycles. The summed E-state index contributed by atoms with van der Waals surface area (Å²) in [6, 6.07) is 16.1. The van der Waals surface area contributed by atoms with Gasteiger partial charge < -0.3 is 24.6 Å². The van der Waals surface area contributed by atoms with Crippen molar-refractivity contribution in [3.63, 3.8) is 0 Å². The fourth-order valence-electron chi connectivity index (χ4n) is 4.41. The Bertz CT molecular complexity index is 1400. The van der Waals surface area contributed by atoms with E-state index < -0.39 is 11.5 Å². The third kappa shape index (κ3) is 5.84. The second-order valence-corrected chi connectivity index (χ2v) is 9.55. The van der Waals surface area contributed by atoms with Crippen molar-refractivity contribution in [2.75, 3.05) is 13.1 Å². The minimum Gasteiger partial charge on any atom is -0.478 e. The first kappa shape index (κ1) is 26.8. The number of carboxylic acids is 1. The normalized spacial score (nSPS) is 12.7. The van der Waals surface area contributed by atoms with E-state index in [0.29, 0.717) is 36.2 Å². The summed E-state index contributed by atoms with van der Waals surface area (Å²) in [4.78, 5) is 27.1. The van der Waals surface area contributed by atoms with E-state index in [9.17, 15) is 14.7 Å². The van der Waals surface area contributed by atoms with Crippen LogP contribution in [0.4, 0.5) is 0 Å². The van der Waals surface area contributed by atoms with Crippen LogP contribution >= 0.6 is 0 Å². The van der Waals surface area contributed by atoms with Gasteiger partial charge in [0.05, 0.1) is 11.8 Å². The SMILES string of the molecule is CCCN(CCC)C(=O)c1cc(-c2nnc(C(C)(N)Cc3ccccc3)o2)cc(-c2occc2C(=O)O)c1. The number of nitrogens with two attached hydrogens (primary N) is 1. The number of benzene rings is 2. The highest BCUT2D eigenvalue weighted by molar-refractivity contribution is 5.99. The zero-order valence-corrected chi connectivity index (χ0v) is 21.8. The number of furan rings is 1. The van der Waals surface area contributed by atoms with E-state index >= 15 is 0 Å². The molecule has 0 fully saturated rings. The van der Waals surface area contributed by atoms with Gasteiger partial charge in [-0.25, -0.2) is 4.79 Å². The Morgan fingerprint density at radius 2 is 1.68 bits per heavy atom. The fraction of sp³-hybridized carbons (Fsp3) is 0.310. The molecule has 198 valence electrons. The number of carbonyl (C=O) groups is 2. The van der Waals surface area contributed by atoms with Crippen molar-refractivity contribution >= 4 is 11.9 Å². The molecule has 0 saturated heterocycles. The van der Waals surface area contributed by atoms with Gasteiger partial charge in [0, 0.05) is 29.8 Å². The van der Waals surface area contributed by atoms with Gasteiger partial charge in [0.15, 0.2) is 0 Å². The average molecular weight is 517 g/mol. The Hall–Kier alpha value is -4.24. The molecule has 9 nitrogen and oxygen atoms in total. The van der Waals surface area contributed by atoms with Crippen molar-refractivity contribution in [3.05, 3.63) is 83.4 Å². The molecule has 4 aromatic rings. The van der Waals surface area contributed by atoms with Crippen LogP contribution in [0.15, 0.2) is 69.7 Å². The molecule has 0 radical (unpaired) electrons. The summed E-state index contributed by atoms with van der Waals surface area (Å²) in [5.74, 6) is -0.754. The molecule has 1 amide bonds. The van der Waals surface area contributed by atoms with Gasteiger partial charge in [0.25, 0.3) is 5.91 Å². The standard InChI is InChI=1S/C29H32N4O5/c1-4-12-33(13-5-2)26(34)22-16-20(24-23(27(35)36)11-14-37-24)15-21(17-22)25-31-32-28(38-25)29(3,30)18-19-9-7-6-8-10-19/h6-11,14-17H,4-5,12-13,18,30H2,1-3H3,(H,35,36). The van der Waals surface area contributed by atoms with E-state index in [0.717, 1.165) is 18.4 Å². The minimum absolute atomic E-state index is 0.0110. The first-order valence-corrected chi connectivity index (χ1v) is 12.7. The molecule has 2 heterocycles. The molecule has 0 bridgehead atoms. The van der Waals surface area contributed by atoms with Crippen molar-refractivity contribution < 1.29 is 23.5 Å². The lowest BCUT2D eigenvalue weighted by atomic mass is 9.94. The number of aromatic carboxylic acids is 1. The second kappa shape index (κ2) is 11.4. The highest BCUT2D eigenvalue weighted by Crippen LogP contribution is 2.32. The fourth-order valence-corrected chi connectivity index (χ4v) is 4.41. The van der Waals surface area contributed by atoms with Crippen molar-refractivity contribution in [3.8, 4) is 22.8 Å². The Morgan fingerprint density at radius 1 is 1.00 bits per heavy atom. The smallest absolute Gasteiger partial charge is 0.339 e. The Kier molecular flexibility index (Phi) is 8.07. The minimum atomic E-state index is -1.13. The molecule has 0 aliphatic heterocycles. The van der Waals surface area contributed by atoms with Gasteiger partial charge in [-0.1, -0.05) is 44.2 Å². The summed E-state index contributed by atoms with van der Waals surface area (Å²) in [5, 5.41) is 18.1. The first-order chi connectivity index (χ1) is 18.2. The van der Waals surface area contributed by atoms with Gasteiger partial charge in [-0.2, -0.15) is 0 Å². The van der Waals surface area contributed by atoms with Crippen molar-refractivity contribution in [1.29, 1.82) is 0 Å². The van der Waals surface area contributed by atoms with Crippen LogP contribution < -0.4 is 5.73 Å². The van der Waals surface area contributed by atoms with Crippen molar-refractivity contribution in [2.24, 2.45) is 5.73 Å². The number of hydrogen-bond acceptors (Lipinski definition) is 7.